The Hall–Kier alpha value is -0.830. The van der Waals surface area contributed by atoms with Gasteiger partial charge >= 0.3 is 0 Å². The van der Waals surface area contributed by atoms with Crippen molar-refractivity contribution in [2.75, 3.05) is 33.7 Å². The molecule has 1 aliphatic heterocycles. The van der Waals surface area contributed by atoms with E-state index in [-0.39, 0.29) is 5.91 Å². The maximum atomic E-state index is 11.8. The third kappa shape index (κ3) is 4.35. The number of rotatable bonds is 4. The van der Waals surface area contributed by atoms with Crippen molar-refractivity contribution in [3.63, 3.8) is 0 Å². The summed E-state index contributed by atoms with van der Waals surface area (Å²) in [6.07, 6.45) is 7.24. The van der Waals surface area contributed by atoms with E-state index in [1.54, 1.807) is 6.08 Å². The number of hydrogen-bond acceptors (Lipinski definition) is 2. The van der Waals surface area contributed by atoms with Crippen LogP contribution in [-0.4, -0.2) is 49.4 Å². The van der Waals surface area contributed by atoms with Crippen molar-refractivity contribution in [2.24, 2.45) is 5.92 Å². The highest BCUT2D eigenvalue weighted by atomic mass is 16.2. The lowest BCUT2D eigenvalue weighted by molar-refractivity contribution is -0.127. The van der Waals surface area contributed by atoms with Gasteiger partial charge in [-0.05, 0) is 32.9 Å². The molecule has 1 saturated heterocycles. The summed E-state index contributed by atoms with van der Waals surface area (Å²) in [6, 6.07) is 0. The number of hydrogen-bond donors (Lipinski definition) is 0. The molecule has 1 aliphatic rings. The number of amides is 1. The zero-order valence-electron chi connectivity index (χ0n) is 10.8. The van der Waals surface area contributed by atoms with Gasteiger partial charge in [0.05, 0.1) is 0 Å². The maximum Gasteiger partial charge on any atom is 0.246 e. The van der Waals surface area contributed by atoms with Crippen molar-refractivity contribution in [3.8, 4) is 0 Å². The maximum absolute atomic E-state index is 11.8. The third-order valence-corrected chi connectivity index (χ3v) is 3.23. The Labute approximate surface area is 99.1 Å². The minimum Gasteiger partial charge on any atom is -0.339 e. The van der Waals surface area contributed by atoms with Crippen LogP contribution < -0.4 is 0 Å². The standard InChI is InChI=1S/C13H24N2O/c1-4-12-7-10-15(11-8-12)13(16)6-5-9-14(2)3/h5-6,12H,4,7-11H2,1-3H3/b6-5+. The predicted molar refractivity (Wildman–Crippen MR) is 67.3 cm³/mol. The molecule has 1 fully saturated rings. The van der Waals surface area contributed by atoms with E-state index in [1.165, 1.54) is 19.3 Å². The van der Waals surface area contributed by atoms with E-state index in [1.807, 2.05) is 30.0 Å². The Morgan fingerprint density at radius 3 is 2.50 bits per heavy atom. The Bertz CT molecular complexity index is 240. The second-order valence-corrected chi connectivity index (χ2v) is 4.84. The van der Waals surface area contributed by atoms with Gasteiger partial charge in [0.2, 0.25) is 5.91 Å². The van der Waals surface area contributed by atoms with Crippen molar-refractivity contribution in [1.29, 1.82) is 0 Å². The molecule has 0 atom stereocenters. The lowest BCUT2D eigenvalue weighted by Gasteiger charge is -2.30. The molecule has 0 aromatic rings. The highest BCUT2D eigenvalue weighted by Crippen LogP contribution is 2.19. The zero-order chi connectivity index (χ0) is 12.0. The van der Waals surface area contributed by atoms with Crippen LogP contribution in [0.25, 0.3) is 0 Å². The lowest BCUT2D eigenvalue weighted by atomic mass is 9.94. The fourth-order valence-corrected chi connectivity index (χ4v) is 2.03. The first-order chi connectivity index (χ1) is 7.63. The van der Waals surface area contributed by atoms with Crippen LogP contribution in [0.1, 0.15) is 26.2 Å². The third-order valence-electron chi connectivity index (χ3n) is 3.23. The molecule has 1 rings (SSSR count). The topological polar surface area (TPSA) is 23.6 Å². The van der Waals surface area contributed by atoms with E-state index >= 15 is 0 Å². The van der Waals surface area contributed by atoms with Gasteiger partial charge in [-0.3, -0.25) is 4.79 Å². The van der Waals surface area contributed by atoms with Gasteiger partial charge in [-0.2, -0.15) is 0 Å². The Morgan fingerprint density at radius 2 is 2.00 bits per heavy atom. The van der Waals surface area contributed by atoms with Crippen LogP contribution in [0.2, 0.25) is 0 Å². The van der Waals surface area contributed by atoms with Gasteiger partial charge in [-0.15, -0.1) is 0 Å². The minimum atomic E-state index is 0.177. The summed E-state index contributed by atoms with van der Waals surface area (Å²) >= 11 is 0. The molecule has 3 heteroatoms. The van der Waals surface area contributed by atoms with Gasteiger partial charge < -0.3 is 9.80 Å². The molecular weight excluding hydrogens is 200 g/mol. The molecule has 3 nitrogen and oxygen atoms in total. The number of likely N-dealkylation sites (N-methyl/N-ethyl adjacent to an activating group) is 1. The molecule has 0 N–H and O–H groups in total. The second kappa shape index (κ2) is 6.69. The zero-order valence-corrected chi connectivity index (χ0v) is 10.8. The van der Waals surface area contributed by atoms with E-state index in [0.717, 1.165) is 25.6 Å². The summed E-state index contributed by atoms with van der Waals surface area (Å²) in [4.78, 5) is 15.8. The summed E-state index contributed by atoms with van der Waals surface area (Å²) in [6.45, 7) is 4.93. The van der Waals surface area contributed by atoms with Crippen molar-refractivity contribution < 1.29 is 4.79 Å². The van der Waals surface area contributed by atoms with Crippen LogP contribution in [0.3, 0.4) is 0 Å². The van der Waals surface area contributed by atoms with Crippen LogP contribution in [0, 0.1) is 5.92 Å². The molecule has 0 bridgehead atoms. The number of likely N-dealkylation sites (tertiary alicyclic amines) is 1. The molecule has 0 aromatic carbocycles. The Morgan fingerprint density at radius 1 is 1.38 bits per heavy atom. The van der Waals surface area contributed by atoms with Gasteiger partial charge in [0.25, 0.3) is 0 Å². The smallest absolute Gasteiger partial charge is 0.246 e. The van der Waals surface area contributed by atoms with E-state index in [0.29, 0.717) is 0 Å². The predicted octanol–water partition coefficient (Wildman–Crippen LogP) is 1.75. The fourth-order valence-electron chi connectivity index (χ4n) is 2.03. The number of nitrogens with zero attached hydrogens (tertiary/aromatic N) is 2. The van der Waals surface area contributed by atoms with Gasteiger partial charge in [-0.25, -0.2) is 0 Å². The first kappa shape index (κ1) is 13.2. The van der Waals surface area contributed by atoms with Gasteiger partial charge in [0, 0.05) is 25.7 Å². The average Bonchev–Trinajstić information content (AvgIpc) is 2.28. The first-order valence-corrected chi connectivity index (χ1v) is 6.23. The highest BCUT2D eigenvalue weighted by Gasteiger charge is 2.19. The summed E-state index contributed by atoms with van der Waals surface area (Å²) in [5, 5.41) is 0. The van der Waals surface area contributed by atoms with Gasteiger partial charge in [0.15, 0.2) is 0 Å². The summed E-state index contributed by atoms with van der Waals surface area (Å²) in [5.74, 6) is 1.01. The SMILES string of the molecule is CCC1CCN(C(=O)/C=C/CN(C)C)CC1. The summed E-state index contributed by atoms with van der Waals surface area (Å²) < 4.78 is 0. The first-order valence-electron chi connectivity index (χ1n) is 6.23. The van der Waals surface area contributed by atoms with Crippen LogP contribution in [0.4, 0.5) is 0 Å². The largest absolute Gasteiger partial charge is 0.339 e. The summed E-state index contributed by atoms with van der Waals surface area (Å²) in [7, 11) is 4.00. The molecule has 0 spiro atoms. The molecule has 1 heterocycles. The van der Waals surface area contributed by atoms with Crippen LogP contribution >= 0.6 is 0 Å². The molecule has 0 aromatic heterocycles. The van der Waals surface area contributed by atoms with Crippen molar-refractivity contribution in [2.45, 2.75) is 26.2 Å². The normalized spacial score (nSPS) is 18.6. The van der Waals surface area contributed by atoms with Gasteiger partial charge in [-0.1, -0.05) is 19.4 Å². The number of piperidine rings is 1. The number of carbonyl (C=O) groups excluding carboxylic acids is 1. The molecule has 1 amide bonds. The lowest BCUT2D eigenvalue weighted by Crippen LogP contribution is -2.37. The fraction of sp³-hybridized carbons (Fsp3) is 0.769. The summed E-state index contributed by atoms with van der Waals surface area (Å²) in [5.41, 5.74) is 0. The second-order valence-electron chi connectivity index (χ2n) is 4.84. The molecular formula is C13H24N2O. The van der Waals surface area contributed by atoms with Gasteiger partial charge in [0.1, 0.15) is 0 Å². The molecule has 0 aliphatic carbocycles. The van der Waals surface area contributed by atoms with Crippen LogP contribution in [0.15, 0.2) is 12.2 Å². The molecule has 92 valence electrons. The van der Waals surface area contributed by atoms with E-state index in [4.69, 9.17) is 0 Å². The van der Waals surface area contributed by atoms with Crippen molar-refractivity contribution in [1.82, 2.24) is 9.80 Å². The Balaban J connectivity index is 2.30. The number of carbonyl (C=O) groups is 1. The molecule has 0 saturated carbocycles. The van der Waals surface area contributed by atoms with E-state index in [2.05, 4.69) is 6.92 Å². The Kier molecular flexibility index (Phi) is 5.53. The van der Waals surface area contributed by atoms with Crippen LogP contribution in [0.5, 0.6) is 0 Å². The van der Waals surface area contributed by atoms with Crippen molar-refractivity contribution in [3.05, 3.63) is 12.2 Å². The van der Waals surface area contributed by atoms with E-state index < -0.39 is 0 Å². The molecule has 16 heavy (non-hydrogen) atoms. The van der Waals surface area contributed by atoms with Crippen molar-refractivity contribution >= 4 is 5.91 Å². The minimum absolute atomic E-state index is 0.177. The monoisotopic (exact) mass is 224 g/mol. The molecule has 0 unspecified atom stereocenters. The van der Waals surface area contributed by atoms with Crippen LogP contribution in [-0.2, 0) is 4.79 Å². The quantitative estimate of drug-likeness (QED) is 0.679. The molecule has 0 radical (unpaired) electrons. The average molecular weight is 224 g/mol. The highest BCUT2D eigenvalue weighted by molar-refractivity contribution is 5.87. The van der Waals surface area contributed by atoms with E-state index in [9.17, 15) is 4.79 Å².